The van der Waals surface area contributed by atoms with Crippen molar-refractivity contribution in [2.24, 2.45) is 0 Å². The van der Waals surface area contributed by atoms with E-state index >= 15 is 0 Å². The van der Waals surface area contributed by atoms with Crippen molar-refractivity contribution in [3.63, 3.8) is 0 Å². The fourth-order valence-corrected chi connectivity index (χ4v) is 2.77. The van der Waals surface area contributed by atoms with Crippen molar-refractivity contribution in [3.8, 4) is 0 Å². The van der Waals surface area contributed by atoms with Crippen LogP contribution in [-0.4, -0.2) is 12.0 Å². The highest BCUT2D eigenvalue weighted by Gasteiger charge is 2.04. The first-order chi connectivity index (χ1) is 9.69. The molecule has 20 heavy (non-hydrogen) atoms. The Balaban J connectivity index is 1.97. The van der Waals surface area contributed by atoms with E-state index in [0.717, 1.165) is 17.9 Å². The van der Waals surface area contributed by atoms with Crippen molar-refractivity contribution in [2.75, 3.05) is 7.05 Å². The number of hydrogen-bond donors (Lipinski definition) is 1. The van der Waals surface area contributed by atoms with Gasteiger partial charge in [-0.05, 0) is 30.3 Å². The van der Waals surface area contributed by atoms with Gasteiger partial charge in [-0.1, -0.05) is 24.3 Å². The van der Waals surface area contributed by atoms with Crippen LogP contribution in [0.2, 0.25) is 0 Å². The standard InChI is InChI=1S/C15H16N2O2S/c1-16-10-13-3-2-4-15(9-13)20-11-12-5-7-14(8-6-12)17(18)19/h2-9,16H,10-11H2,1H3. The first-order valence-corrected chi connectivity index (χ1v) is 7.27. The van der Waals surface area contributed by atoms with Crippen molar-refractivity contribution in [1.29, 1.82) is 0 Å². The summed E-state index contributed by atoms with van der Waals surface area (Å²) in [6.07, 6.45) is 0. The lowest BCUT2D eigenvalue weighted by atomic mass is 10.2. The average molecular weight is 288 g/mol. The summed E-state index contributed by atoms with van der Waals surface area (Å²) < 4.78 is 0. The Labute approximate surface area is 122 Å². The lowest BCUT2D eigenvalue weighted by Gasteiger charge is -2.05. The fraction of sp³-hybridized carbons (Fsp3) is 0.200. The van der Waals surface area contributed by atoms with Crippen molar-refractivity contribution in [2.45, 2.75) is 17.2 Å². The lowest BCUT2D eigenvalue weighted by Crippen LogP contribution is -2.04. The van der Waals surface area contributed by atoms with Crippen LogP contribution >= 0.6 is 11.8 Å². The molecule has 0 radical (unpaired) electrons. The maximum Gasteiger partial charge on any atom is 0.269 e. The number of benzene rings is 2. The second-order valence-corrected chi connectivity index (χ2v) is 5.44. The Morgan fingerprint density at radius 2 is 1.90 bits per heavy atom. The molecule has 0 aromatic heterocycles. The first-order valence-electron chi connectivity index (χ1n) is 6.28. The molecule has 0 heterocycles. The molecule has 0 saturated carbocycles. The quantitative estimate of drug-likeness (QED) is 0.501. The van der Waals surface area contributed by atoms with Crippen LogP contribution in [0.3, 0.4) is 0 Å². The molecule has 4 nitrogen and oxygen atoms in total. The van der Waals surface area contributed by atoms with Gasteiger partial charge in [0.1, 0.15) is 0 Å². The molecule has 0 aliphatic rings. The van der Waals surface area contributed by atoms with Crippen LogP contribution < -0.4 is 5.32 Å². The van der Waals surface area contributed by atoms with E-state index in [9.17, 15) is 10.1 Å². The van der Waals surface area contributed by atoms with E-state index in [4.69, 9.17) is 0 Å². The van der Waals surface area contributed by atoms with E-state index < -0.39 is 0 Å². The highest BCUT2D eigenvalue weighted by molar-refractivity contribution is 7.98. The number of rotatable bonds is 6. The number of nitrogens with zero attached hydrogens (tertiary/aromatic N) is 1. The van der Waals surface area contributed by atoms with Gasteiger partial charge in [-0.2, -0.15) is 0 Å². The molecular weight excluding hydrogens is 272 g/mol. The Hall–Kier alpha value is -1.85. The van der Waals surface area contributed by atoms with Gasteiger partial charge in [-0.3, -0.25) is 10.1 Å². The maximum atomic E-state index is 10.6. The molecule has 0 atom stereocenters. The number of nitrogens with one attached hydrogen (secondary N) is 1. The molecule has 2 aromatic carbocycles. The highest BCUT2D eigenvalue weighted by atomic mass is 32.2. The largest absolute Gasteiger partial charge is 0.316 e. The number of nitro groups is 1. The van der Waals surface area contributed by atoms with Gasteiger partial charge in [0.05, 0.1) is 4.92 Å². The van der Waals surface area contributed by atoms with E-state index in [0.29, 0.717) is 0 Å². The summed E-state index contributed by atoms with van der Waals surface area (Å²) in [5.74, 6) is 0.807. The van der Waals surface area contributed by atoms with Crippen LogP contribution in [0.15, 0.2) is 53.4 Å². The van der Waals surface area contributed by atoms with Gasteiger partial charge in [-0.15, -0.1) is 11.8 Å². The lowest BCUT2D eigenvalue weighted by molar-refractivity contribution is -0.384. The second kappa shape index (κ2) is 7.07. The SMILES string of the molecule is CNCc1cccc(SCc2ccc([N+](=O)[O-])cc2)c1. The molecule has 1 N–H and O–H groups in total. The second-order valence-electron chi connectivity index (χ2n) is 4.39. The smallest absolute Gasteiger partial charge is 0.269 e. The predicted molar refractivity (Wildman–Crippen MR) is 81.9 cm³/mol. The summed E-state index contributed by atoms with van der Waals surface area (Å²) in [5.41, 5.74) is 2.47. The van der Waals surface area contributed by atoms with Crippen molar-refractivity contribution in [1.82, 2.24) is 5.32 Å². The monoisotopic (exact) mass is 288 g/mol. The molecule has 0 saturated heterocycles. The molecule has 2 rings (SSSR count). The normalized spacial score (nSPS) is 10.4. The molecule has 0 unspecified atom stereocenters. The molecule has 0 aliphatic carbocycles. The zero-order valence-electron chi connectivity index (χ0n) is 11.2. The van der Waals surface area contributed by atoms with Crippen LogP contribution in [0, 0.1) is 10.1 Å². The van der Waals surface area contributed by atoms with Gasteiger partial charge in [0.2, 0.25) is 0 Å². The molecule has 2 aromatic rings. The number of non-ortho nitro benzene ring substituents is 1. The van der Waals surface area contributed by atoms with E-state index in [2.05, 4.69) is 23.5 Å². The Kier molecular flexibility index (Phi) is 5.15. The third-order valence-corrected chi connectivity index (χ3v) is 3.90. The summed E-state index contributed by atoms with van der Waals surface area (Å²) in [4.78, 5) is 11.4. The highest BCUT2D eigenvalue weighted by Crippen LogP contribution is 2.24. The summed E-state index contributed by atoms with van der Waals surface area (Å²) in [6, 6.07) is 15.1. The van der Waals surface area contributed by atoms with Crippen LogP contribution in [0.4, 0.5) is 5.69 Å². The van der Waals surface area contributed by atoms with Crippen LogP contribution in [0.1, 0.15) is 11.1 Å². The Bertz CT molecular complexity index is 585. The molecule has 0 aliphatic heterocycles. The topological polar surface area (TPSA) is 55.2 Å². The van der Waals surface area contributed by atoms with E-state index in [-0.39, 0.29) is 10.6 Å². The fourth-order valence-electron chi connectivity index (χ4n) is 1.83. The van der Waals surface area contributed by atoms with Gasteiger partial charge in [-0.25, -0.2) is 0 Å². The van der Waals surface area contributed by atoms with Gasteiger partial charge in [0.15, 0.2) is 0 Å². The summed E-state index contributed by atoms with van der Waals surface area (Å²) >= 11 is 1.73. The van der Waals surface area contributed by atoms with Crippen LogP contribution in [0.25, 0.3) is 0 Å². The number of nitro benzene ring substituents is 1. The number of thioether (sulfide) groups is 1. The zero-order valence-corrected chi connectivity index (χ0v) is 12.0. The molecule has 104 valence electrons. The van der Waals surface area contributed by atoms with Gasteiger partial charge < -0.3 is 5.32 Å². The van der Waals surface area contributed by atoms with Gasteiger partial charge in [0, 0.05) is 29.3 Å². The molecular formula is C15H16N2O2S. The molecule has 5 heteroatoms. The Morgan fingerprint density at radius 3 is 2.55 bits per heavy atom. The molecule has 0 bridgehead atoms. The Morgan fingerprint density at radius 1 is 1.15 bits per heavy atom. The van der Waals surface area contributed by atoms with E-state index in [1.165, 1.54) is 10.5 Å². The number of hydrogen-bond acceptors (Lipinski definition) is 4. The average Bonchev–Trinajstić information content (AvgIpc) is 2.46. The third kappa shape index (κ3) is 4.08. The summed E-state index contributed by atoms with van der Waals surface area (Å²) in [5, 5.41) is 13.7. The maximum absolute atomic E-state index is 10.6. The molecule has 0 amide bonds. The van der Waals surface area contributed by atoms with Crippen LogP contribution in [-0.2, 0) is 12.3 Å². The zero-order chi connectivity index (χ0) is 14.4. The van der Waals surface area contributed by atoms with E-state index in [1.54, 1.807) is 23.9 Å². The summed E-state index contributed by atoms with van der Waals surface area (Å²) in [6.45, 7) is 0.853. The van der Waals surface area contributed by atoms with E-state index in [1.807, 2.05) is 25.2 Å². The molecule has 0 spiro atoms. The van der Waals surface area contributed by atoms with Gasteiger partial charge >= 0.3 is 0 Å². The third-order valence-electron chi connectivity index (χ3n) is 2.83. The van der Waals surface area contributed by atoms with Crippen LogP contribution in [0.5, 0.6) is 0 Å². The minimum atomic E-state index is -0.377. The minimum Gasteiger partial charge on any atom is -0.316 e. The molecule has 0 fully saturated rings. The first kappa shape index (κ1) is 14.6. The summed E-state index contributed by atoms with van der Waals surface area (Å²) in [7, 11) is 1.93. The predicted octanol–water partition coefficient (Wildman–Crippen LogP) is 3.61. The minimum absolute atomic E-state index is 0.134. The van der Waals surface area contributed by atoms with Crippen molar-refractivity contribution < 1.29 is 4.92 Å². The van der Waals surface area contributed by atoms with Crippen molar-refractivity contribution >= 4 is 17.4 Å². The van der Waals surface area contributed by atoms with Gasteiger partial charge in [0.25, 0.3) is 5.69 Å². The van der Waals surface area contributed by atoms with Crippen molar-refractivity contribution in [3.05, 3.63) is 69.8 Å².